The highest BCUT2D eigenvalue weighted by atomic mass is 32.2. The molecule has 4 rings (SSSR count). The number of furan rings is 1. The largest absolute Gasteiger partial charge is 0.455 e. The smallest absolute Gasteiger partial charge is 0.257 e. The van der Waals surface area contributed by atoms with E-state index in [1.54, 1.807) is 0 Å². The molecule has 0 spiro atoms. The van der Waals surface area contributed by atoms with E-state index in [1.807, 2.05) is 5.32 Å². The van der Waals surface area contributed by atoms with Gasteiger partial charge in [0.1, 0.15) is 42.7 Å². The summed E-state index contributed by atoms with van der Waals surface area (Å²) >= 11 is 0. The molecule has 0 radical (unpaired) electrons. The average Bonchev–Trinajstić information content (AvgIpc) is 3.39. The first kappa shape index (κ1) is 33.4. The molecular formula is C30H27F6N3O5S. The normalized spacial score (nSPS) is 12.0. The van der Waals surface area contributed by atoms with E-state index in [4.69, 9.17) is 4.42 Å². The topological polar surface area (TPSA) is 109 Å². The zero-order valence-electron chi connectivity index (χ0n) is 23.8. The summed E-state index contributed by atoms with van der Waals surface area (Å²) < 4.78 is 113. The Morgan fingerprint density at radius 2 is 1.58 bits per heavy atom. The van der Waals surface area contributed by atoms with E-state index in [-0.39, 0.29) is 50.2 Å². The molecule has 3 aromatic carbocycles. The molecule has 0 fully saturated rings. The van der Waals surface area contributed by atoms with E-state index < -0.39 is 66.2 Å². The molecule has 0 aliphatic rings. The number of sulfonamides is 1. The summed E-state index contributed by atoms with van der Waals surface area (Å²) in [6.07, 6.45) is -2.41. The van der Waals surface area contributed by atoms with Gasteiger partial charge >= 0.3 is 0 Å². The Morgan fingerprint density at radius 1 is 0.933 bits per heavy atom. The van der Waals surface area contributed by atoms with Gasteiger partial charge in [0.2, 0.25) is 10.0 Å². The monoisotopic (exact) mass is 655 g/mol. The van der Waals surface area contributed by atoms with Crippen molar-refractivity contribution in [3.63, 3.8) is 0 Å². The number of hydrogen-bond acceptors (Lipinski definition) is 5. The highest BCUT2D eigenvalue weighted by Crippen LogP contribution is 2.42. The van der Waals surface area contributed by atoms with Crippen molar-refractivity contribution < 1.29 is 48.8 Å². The van der Waals surface area contributed by atoms with Gasteiger partial charge in [0.15, 0.2) is 0 Å². The second-order valence-corrected chi connectivity index (χ2v) is 12.1. The molecule has 240 valence electrons. The third-order valence-electron chi connectivity index (χ3n) is 6.92. The second kappa shape index (κ2) is 13.2. The number of amides is 2. The molecule has 0 saturated heterocycles. The number of nitrogens with one attached hydrogen (secondary N) is 2. The Bertz CT molecular complexity index is 1820. The molecule has 2 amide bonds. The Labute approximate surface area is 254 Å². The molecule has 0 saturated carbocycles. The third-order valence-corrected chi connectivity index (χ3v) is 8.07. The van der Waals surface area contributed by atoms with Crippen molar-refractivity contribution in [3.8, 4) is 22.5 Å². The van der Waals surface area contributed by atoms with E-state index in [0.717, 1.165) is 18.2 Å². The van der Waals surface area contributed by atoms with Gasteiger partial charge in [-0.15, -0.1) is 0 Å². The zero-order chi connectivity index (χ0) is 33.1. The van der Waals surface area contributed by atoms with Crippen molar-refractivity contribution in [1.29, 1.82) is 0 Å². The number of nitrogens with zero attached hydrogens (tertiary/aromatic N) is 1. The number of halogens is 6. The van der Waals surface area contributed by atoms with Crippen molar-refractivity contribution in [2.75, 3.05) is 44.2 Å². The zero-order valence-corrected chi connectivity index (χ0v) is 24.7. The number of alkyl halides is 5. The molecule has 0 atom stereocenters. The van der Waals surface area contributed by atoms with Gasteiger partial charge in [-0.25, -0.2) is 34.8 Å². The Balaban J connectivity index is 2.02. The highest BCUT2D eigenvalue weighted by Gasteiger charge is 2.34. The highest BCUT2D eigenvalue weighted by molar-refractivity contribution is 7.92. The molecule has 1 aromatic heterocycles. The van der Waals surface area contributed by atoms with Crippen LogP contribution < -0.4 is 14.9 Å². The minimum atomic E-state index is -4.37. The molecule has 1 heterocycles. The van der Waals surface area contributed by atoms with Gasteiger partial charge in [-0.3, -0.25) is 13.9 Å². The molecule has 0 aliphatic carbocycles. The first-order chi connectivity index (χ1) is 21.3. The van der Waals surface area contributed by atoms with Crippen molar-refractivity contribution in [2.24, 2.45) is 0 Å². The first-order valence-corrected chi connectivity index (χ1v) is 15.1. The van der Waals surface area contributed by atoms with Gasteiger partial charge in [0, 0.05) is 35.2 Å². The van der Waals surface area contributed by atoms with E-state index >= 15 is 0 Å². The lowest BCUT2D eigenvalue weighted by Gasteiger charge is -2.26. The minimum Gasteiger partial charge on any atom is -0.455 e. The number of anilines is 1. The van der Waals surface area contributed by atoms with Crippen LogP contribution in [0.3, 0.4) is 0 Å². The Morgan fingerprint density at radius 3 is 2.13 bits per heavy atom. The van der Waals surface area contributed by atoms with Gasteiger partial charge in [-0.05, 0) is 48.0 Å². The van der Waals surface area contributed by atoms with Crippen molar-refractivity contribution >= 4 is 38.5 Å². The van der Waals surface area contributed by atoms with Crippen LogP contribution in [0.25, 0.3) is 33.4 Å². The maximum Gasteiger partial charge on any atom is 0.257 e. The number of rotatable bonds is 12. The van der Waals surface area contributed by atoms with Crippen LogP contribution in [0.4, 0.5) is 32.0 Å². The van der Waals surface area contributed by atoms with Crippen molar-refractivity contribution in [3.05, 3.63) is 77.6 Å². The summed E-state index contributed by atoms with van der Waals surface area (Å²) in [4.78, 5) is 26.0. The van der Waals surface area contributed by atoms with Gasteiger partial charge in [-0.1, -0.05) is 12.1 Å². The van der Waals surface area contributed by atoms with E-state index in [2.05, 4.69) is 5.32 Å². The van der Waals surface area contributed by atoms with Crippen molar-refractivity contribution in [2.45, 2.75) is 12.0 Å². The molecular weight excluding hydrogens is 628 g/mol. The van der Waals surface area contributed by atoms with E-state index in [0.29, 0.717) is 10.6 Å². The quantitative estimate of drug-likeness (QED) is 0.191. The summed E-state index contributed by atoms with van der Waals surface area (Å²) in [5.41, 5.74) is -2.77. The molecule has 15 heteroatoms. The fourth-order valence-corrected chi connectivity index (χ4v) is 5.50. The number of carbonyl (C=O) groups is 2. The predicted molar refractivity (Wildman–Crippen MR) is 157 cm³/mol. The van der Waals surface area contributed by atoms with E-state index in [1.165, 1.54) is 49.5 Å². The number of carbonyl (C=O) groups excluding carboxylic acids is 2. The van der Waals surface area contributed by atoms with Crippen LogP contribution >= 0.6 is 0 Å². The fourth-order valence-electron chi connectivity index (χ4n) is 4.61. The summed E-state index contributed by atoms with van der Waals surface area (Å²) in [6.45, 7) is -5.88. The lowest BCUT2D eigenvalue weighted by molar-refractivity contribution is 0.0810. The van der Waals surface area contributed by atoms with Crippen molar-refractivity contribution in [1.82, 2.24) is 10.6 Å². The van der Waals surface area contributed by atoms with Gasteiger partial charge in [0.25, 0.3) is 18.2 Å². The van der Waals surface area contributed by atoms with Crippen LogP contribution in [0.2, 0.25) is 0 Å². The molecule has 0 aliphatic heterocycles. The van der Waals surface area contributed by atoms with Crippen LogP contribution in [0.15, 0.2) is 65.1 Å². The lowest BCUT2D eigenvalue weighted by Crippen LogP contribution is -2.54. The molecule has 8 nitrogen and oxygen atoms in total. The number of hydrogen-bond donors (Lipinski definition) is 2. The van der Waals surface area contributed by atoms with Crippen LogP contribution in [-0.4, -0.2) is 72.1 Å². The van der Waals surface area contributed by atoms with Crippen LogP contribution in [-0.2, 0) is 10.0 Å². The standard InChI is InChI=1S/C30H27F6N3O5S/c1-37-29(41)26-22-11-21(18-4-3-5-19(10-18)28(40)38-30(14-31,15-32)16-33)23(39(13-25(35)36)45(2,42)43)12-24(22)44-27(26)17-6-8-20(34)9-7-17/h3-12,25H,13-16H2,1-2H3,(H,37,41)(H,38,40). The summed E-state index contributed by atoms with van der Waals surface area (Å²) in [5.74, 6) is -2.30. The van der Waals surface area contributed by atoms with Crippen LogP contribution in [0.5, 0.6) is 0 Å². The lowest BCUT2D eigenvalue weighted by atomic mass is 9.96. The molecule has 0 unspecified atom stereocenters. The fraction of sp³-hybridized carbons (Fsp3) is 0.267. The predicted octanol–water partition coefficient (Wildman–Crippen LogP) is 5.67. The first-order valence-electron chi connectivity index (χ1n) is 13.2. The third kappa shape index (κ3) is 6.92. The maximum absolute atomic E-state index is 13.7. The van der Waals surface area contributed by atoms with Gasteiger partial charge in [-0.2, -0.15) is 0 Å². The van der Waals surface area contributed by atoms with Crippen LogP contribution in [0, 0.1) is 5.82 Å². The SMILES string of the molecule is CNC(=O)c1c(-c2ccc(F)cc2)oc2cc(N(CC(F)F)S(C)(=O)=O)c(-c3cccc(C(=O)NC(CF)(CF)CF)c3)cc12. The van der Waals surface area contributed by atoms with Crippen LogP contribution in [0.1, 0.15) is 20.7 Å². The summed E-state index contributed by atoms with van der Waals surface area (Å²) in [5, 5.41) is 4.56. The summed E-state index contributed by atoms with van der Waals surface area (Å²) in [6, 6.07) is 12.5. The minimum absolute atomic E-state index is 0.0275. The Hall–Kier alpha value is -4.53. The molecule has 45 heavy (non-hydrogen) atoms. The summed E-state index contributed by atoms with van der Waals surface area (Å²) in [7, 11) is -3.03. The van der Waals surface area contributed by atoms with Gasteiger partial charge in [0.05, 0.1) is 24.1 Å². The Kier molecular flexibility index (Phi) is 9.80. The molecule has 2 N–H and O–H groups in total. The maximum atomic E-state index is 13.7. The molecule has 4 aromatic rings. The average molecular weight is 656 g/mol. The number of benzene rings is 3. The molecule has 0 bridgehead atoms. The number of fused-ring (bicyclic) bond motifs is 1. The van der Waals surface area contributed by atoms with Gasteiger partial charge < -0.3 is 15.1 Å². The second-order valence-electron chi connectivity index (χ2n) is 10.2. The van der Waals surface area contributed by atoms with E-state index in [9.17, 15) is 44.3 Å².